The molecular formula is C8H14N4O2S. The van der Waals surface area contributed by atoms with E-state index < -0.39 is 5.60 Å². The number of ether oxygens (including phenoxy) is 1. The molecule has 1 rings (SSSR count). The third-order valence-electron chi connectivity index (χ3n) is 1.86. The van der Waals surface area contributed by atoms with Crippen LogP contribution in [0.5, 0.6) is 0 Å². The second-order valence-electron chi connectivity index (χ2n) is 3.59. The molecule has 0 bridgehead atoms. The Morgan fingerprint density at radius 1 is 1.60 bits per heavy atom. The van der Waals surface area contributed by atoms with Crippen LogP contribution < -0.4 is 11.1 Å². The maximum absolute atomic E-state index is 11.5. The molecule has 3 N–H and O–H groups in total. The van der Waals surface area contributed by atoms with E-state index in [0.717, 1.165) is 11.3 Å². The van der Waals surface area contributed by atoms with Gasteiger partial charge in [-0.15, -0.1) is 10.2 Å². The molecule has 1 aromatic heterocycles. The minimum atomic E-state index is -0.397. The summed E-state index contributed by atoms with van der Waals surface area (Å²) >= 11 is 1.06. The van der Waals surface area contributed by atoms with Crippen molar-refractivity contribution in [2.75, 3.05) is 19.4 Å². The lowest BCUT2D eigenvalue weighted by Crippen LogP contribution is -2.39. The largest absolute Gasteiger partial charge is 0.377 e. The van der Waals surface area contributed by atoms with Crippen molar-refractivity contribution in [3.8, 4) is 0 Å². The minimum Gasteiger partial charge on any atom is -0.377 e. The predicted molar refractivity (Wildman–Crippen MR) is 57.7 cm³/mol. The molecule has 1 heterocycles. The summed E-state index contributed by atoms with van der Waals surface area (Å²) in [7, 11) is 1.59. The lowest BCUT2D eigenvalue weighted by molar-refractivity contribution is 0.0228. The first kappa shape index (κ1) is 11.9. The molecule has 6 nitrogen and oxygen atoms in total. The Balaban J connectivity index is 2.50. The van der Waals surface area contributed by atoms with E-state index in [2.05, 4.69) is 15.5 Å². The second-order valence-corrected chi connectivity index (χ2v) is 4.60. The lowest BCUT2D eigenvalue weighted by atomic mass is 10.1. The number of carbonyl (C=O) groups is 1. The molecule has 84 valence electrons. The average Bonchev–Trinajstić information content (AvgIpc) is 2.61. The lowest BCUT2D eigenvalue weighted by Gasteiger charge is -2.22. The van der Waals surface area contributed by atoms with Gasteiger partial charge in [-0.25, -0.2) is 0 Å². The van der Waals surface area contributed by atoms with Gasteiger partial charge in [-0.2, -0.15) is 0 Å². The van der Waals surface area contributed by atoms with Crippen molar-refractivity contribution in [2.45, 2.75) is 19.4 Å². The highest BCUT2D eigenvalue weighted by Crippen LogP contribution is 2.11. The van der Waals surface area contributed by atoms with Gasteiger partial charge in [0.05, 0.1) is 5.60 Å². The number of nitrogens with two attached hydrogens (primary N) is 1. The van der Waals surface area contributed by atoms with Gasteiger partial charge >= 0.3 is 0 Å². The van der Waals surface area contributed by atoms with Gasteiger partial charge < -0.3 is 15.8 Å². The van der Waals surface area contributed by atoms with E-state index in [4.69, 9.17) is 10.5 Å². The highest BCUT2D eigenvalue weighted by Gasteiger charge is 2.19. The normalized spacial score (nSPS) is 11.4. The van der Waals surface area contributed by atoms with Crippen molar-refractivity contribution in [3.05, 3.63) is 5.01 Å². The summed E-state index contributed by atoms with van der Waals surface area (Å²) in [5.41, 5.74) is 4.97. The van der Waals surface area contributed by atoms with E-state index in [1.807, 2.05) is 13.8 Å². The van der Waals surface area contributed by atoms with Gasteiger partial charge in [0.1, 0.15) is 0 Å². The molecular weight excluding hydrogens is 216 g/mol. The molecule has 0 aliphatic rings. The van der Waals surface area contributed by atoms with Crippen molar-refractivity contribution in [3.63, 3.8) is 0 Å². The molecule has 0 saturated carbocycles. The minimum absolute atomic E-state index is 0.263. The van der Waals surface area contributed by atoms with Crippen LogP contribution in [-0.2, 0) is 4.74 Å². The van der Waals surface area contributed by atoms with Crippen LogP contribution in [0.2, 0.25) is 0 Å². The number of carbonyl (C=O) groups excluding carboxylic acids is 1. The summed E-state index contributed by atoms with van der Waals surface area (Å²) in [6, 6.07) is 0. The van der Waals surface area contributed by atoms with Gasteiger partial charge in [0, 0.05) is 13.7 Å². The molecule has 15 heavy (non-hydrogen) atoms. The fraction of sp³-hybridized carbons (Fsp3) is 0.625. The Morgan fingerprint density at radius 2 is 2.27 bits per heavy atom. The summed E-state index contributed by atoms with van der Waals surface area (Å²) in [6.07, 6.45) is 0. The van der Waals surface area contributed by atoms with E-state index in [0.29, 0.717) is 6.54 Å². The van der Waals surface area contributed by atoms with E-state index in [-0.39, 0.29) is 16.0 Å². The van der Waals surface area contributed by atoms with Gasteiger partial charge in [-0.1, -0.05) is 11.3 Å². The molecule has 0 spiro atoms. The van der Waals surface area contributed by atoms with Crippen LogP contribution in [-0.4, -0.2) is 35.4 Å². The van der Waals surface area contributed by atoms with Crippen LogP contribution in [0, 0.1) is 0 Å². The number of hydrogen-bond donors (Lipinski definition) is 2. The topological polar surface area (TPSA) is 90.1 Å². The first-order valence-electron chi connectivity index (χ1n) is 4.37. The second kappa shape index (κ2) is 4.54. The molecule has 0 unspecified atom stereocenters. The first-order chi connectivity index (χ1) is 6.94. The van der Waals surface area contributed by atoms with Crippen molar-refractivity contribution >= 4 is 22.4 Å². The van der Waals surface area contributed by atoms with Gasteiger partial charge in [-0.3, -0.25) is 4.79 Å². The number of rotatable bonds is 4. The van der Waals surface area contributed by atoms with Gasteiger partial charge in [0.15, 0.2) is 0 Å². The predicted octanol–water partition coefficient (Wildman–Crippen LogP) is 0.275. The van der Waals surface area contributed by atoms with Crippen LogP contribution in [0.4, 0.5) is 5.13 Å². The van der Waals surface area contributed by atoms with Crippen molar-refractivity contribution < 1.29 is 9.53 Å². The standard InChI is InChI=1S/C8H14N4O2S/c1-8(2,14-3)4-10-5(13)6-11-12-7(9)15-6/h4H2,1-3H3,(H2,9,12)(H,10,13). The Morgan fingerprint density at radius 3 is 2.73 bits per heavy atom. The molecule has 0 radical (unpaired) electrons. The van der Waals surface area contributed by atoms with Crippen molar-refractivity contribution in [2.24, 2.45) is 0 Å². The zero-order chi connectivity index (χ0) is 11.5. The summed E-state index contributed by atoms with van der Waals surface area (Å²) in [6.45, 7) is 4.16. The number of anilines is 1. The Kier molecular flexibility index (Phi) is 3.59. The van der Waals surface area contributed by atoms with Crippen LogP contribution in [0.25, 0.3) is 0 Å². The maximum atomic E-state index is 11.5. The summed E-state index contributed by atoms with van der Waals surface area (Å²) in [5.74, 6) is -0.283. The average molecular weight is 230 g/mol. The zero-order valence-electron chi connectivity index (χ0n) is 8.90. The van der Waals surface area contributed by atoms with Crippen molar-refractivity contribution in [1.29, 1.82) is 0 Å². The molecule has 0 aliphatic heterocycles. The monoisotopic (exact) mass is 230 g/mol. The number of methoxy groups -OCH3 is 1. The summed E-state index contributed by atoms with van der Waals surface area (Å²) in [5, 5.41) is 10.4. The smallest absolute Gasteiger partial charge is 0.282 e. The Labute approximate surface area is 91.8 Å². The molecule has 0 aliphatic carbocycles. The summed E-state index contributed by atoms with van der Waals surface area (Å²) < 4.78 is 5.16. The number of nitrogens with zero attached hydrogens (tertiary/aromatic N) is 2. The fourth-order valence-corrected chi connectivity index (χ4v) is 1.29. The van der Waals surface area contributed by atoms with Gasteiger partial charge in [0.25, 0.3) is 5.91 Å². The first-order valence-corrected chi connectivity index (χ1v) is 5.18. The van der Waals surface area contributed by atoms with Gasteiger partial charge in [0.2, 0.25) is 10.1 Å². The van der Waals surface area contributed by atoms with Crippen LogP contribution in [0.3, 0.4) is 0 Å². The molecule has 1 aromatic rings. The number of nitrogen functional groups attached to an aromatic ring is 1. The van der Waals surface area contributed by atoms with E-state index in [1.165, 1.54) is 0 Å². The third-order valence-corrected chi connectivity index (χ3v) is 2.61. The highest BCUT2D eigenvalue weighted by molar-refractivity contribution is 7.16. The number of amides is 1. The van der Waals surface area contributed by atoms with E-state index in [1.54, 1.807) is 7.11 Å². The van der Waals surface area contributed by atoms with Crippen LogP contribution in [0.1, 0.15) is 23.6 Å². The van der Waals surface area contributed by atoms with Crippen LogP contribution in [0.15, 0.2) is 0 Å². The molecule has 0 aromatic carbocycles. The maximum Gasteiger partial charge on any atom is 0.282 e. The fourth-order valence-electron chi connectivity index (χ4n) is 0.767. The highest BCUT2D eigenvalue weighted by atomic mass is 32.1. The molecule has 0 fully saturated rings. The third kappa shape index (κ3) is 3.45. The molecule has 1 amide bonds. The molecule has 7 heteroatoms. The molecule has 0 atom stereocenters. The number of aromatic nitrogens is 2. The Hall–Kier alpha value is -1.21. The van der Waals surface area contributed by atoms with E-state index in [9.17, 15) is 4.79 Å². The van der Waals surface area contributed by atoms with Gasteiger partial charge in [-0.05, 0) is 13.8 Å². The Bertz CT molecular complexity index is 350. The summed E-state index contributed by atoms with van der Waals surface area (Å²) in [4.78, 5) is 11.5. The SMILES string of the molecule is COC(C)(C)CNC(=O)c1nnc(N)s1. The zero-order valence-corrected chi connectivity index (χ0v) is 9.72. The van der Waals surface area contributed by atoms with Crippen LogP contribution >= 0.6 is 11.3 Å². The number of hydrogen-bond acceptors (Lipinski definition) is 6. The van der Waals surface area contributed by atoms with E-state index >= 15 is 0 Å². The van der Waals surface area contributed by atoms with Crippen molar-refractivity contribution in [1.82, 2.24) is 15.5 Å². The quantitative estimate of drug-likeness (QED) is 0.775. The molecule has 0 saturated heterocycles. The number of nitrogens with one attached hydrogen (secondary N) is 1.